The third kappa shape index (κ3) is 5.17. The van der Waals surface area contributed by atoms with E-state index < -0.39 is 0 Å². The van der Waals surface area contributed by atoms with Crippen molar-refractivity contribution in [2.24, 2.45) is 0 Å². The molecule has 0 aliphatic carbocycles. The van der Waals surface area contributed by atoms with Gasteiger partial charge in [0.05, 0.1) is 0 Å². The summed E-state index contributed by atoms with van der Waals surface area (Å²) in [4.78, 5) is 5.08. The lowest BCUT2D eigenvalue weighted by atomic mass is 10.1. The van der Waals surface area contributed by atoms with E-state index in [9.17, 15) is 0 Å². The molecule has 1 N–H and O–H groups in total. The maximum atomic E-state index is 5.95. The number of anilines is 1. The van der Waals surface area contributed by atoms with Crippen LogP contribution in [-0.2, 0) is 0 Å². The lowest BCUT2D eigenvalue weighted by Gasteiger charge is -2.39. The van der Waals surface area contributed by atoms with Gasteiger partial charge in [0.1, 0.15) is 0 Å². The second-order valence-electron chi connectivity index (χ2n) is 5.84. The van der Waals surface area contributed by atoms with E-state index in [1.807, 2.05) is 12.1 Å². The smallest absolute Gasteiger partial charge is 0.0407 e. The minimum atomic E-state index is 0.691. The Bertz CT molecular complexity index is 399. The summed E-state index contributed by atoms with van der Waals surface area (Å²) >= 11 is 5.95. The van der Waals surface area contributed by atoms with Crippen LogP contribution in [0.25, 0.3) is 0 Å². The van der Waals surface area contributed by atoms with Gasteiger partial charge in [0, 0.05) is 42.9 Å². The van der Waals surface area contributed by atoms with Gasteiger partial charge >= 0.3 is 0 Å². The topological polar surface area (TPSA) is 18.5 Å². The predicted octanol–water partition coefficient (Wildman–Crippen LogP) is 3.24. The van der Waals surface area contributed by atoms with Crippen molar-refractivity contribution < 1.29 is 0 Å². The highest BCUT2D eigenvalue weighted by atomic mass is 35.5. The minimum absolute atomic E-state index is 0.691. The molecule has 3 nitrogen and oxygen atoms in total. The molecule has 1 aliphatic heterocycles. The first kappa shape index (κ1) is 16.6. The molecule has 1 fully saturated rings. The molecule has 0 spiro atoms. The molecule has 1 heterocycles. The summed E-state index contributed by atoms with van der Waals surface area (Å²) in [5.74, 6) is 0. The molecule has 1 aromatic rings. The fourth-order valence-electron chi connectivity index (χ4n) is 2.95. The minimum Gasteiger partial charge on any atom is -0.369 e. The number of benzene rings is 1. The summed E-state index contributed by atoms with van der Waals surface area (Å²) in [5, 5.41) is 4.21. The standard InChI is InChI=1S/C17H28ClN3/c1-3-19-10-4-5-15(2)20-11-13-21(14-12-20)17-8-6-16(18)7-9-17/h6-9,15,19H,3-5,10-14H2,1-2H3. The van der Waals surface area contributed by atoms with E-state index in [0.717, 1.165) is 44.3 Å². The van der Waals surface area contributed by atoms with E-state index in [0.29, 0.717) is 6.04 Å². The summed E-state index contributed by atoms with van der Waals surface area (Å²) in [5.41, 5.74) is 1.29. The molecule has 4 heteroatoms. The van der Waals surface area contributed by atoms with E-state index in [-0.39, 0.29) is 0 Å². The van der Waals surface area contributed by atoms with Crippen molar-refractivity contribution >= 4 is 17.3 Å². The van der Waals surface area contributed by atoms with E-state index >= 15 is 0 Å². The molecule has 1 aliphatic rings. The molecule has 21 heavy (non-hydrogen) atoms. The zero-order chi connectivity index (χ0) is 15.1. The third-order valence-corrected chi connectivity index (χ3v) is 4.61. The second kappa shape index (κ2) is 8.62. The van der Waals surface area contributed by atoms with Crippen LogP contribution >= 0.6 is 11.6 Å². The zero-order valence-corrected chi connectivity index (χ0v) is 14.1. The number of nitrogens with zero attached hydrogens (tertiary/aromatic N) is 2. The van der Waals surface area contributed by atoms with Crippen LogP contribution in [0.5, 0.6) is 0 Å². The summed E-state index contributed by atoms with van der Waals surface area (Å²) < 4.78 is 0. The Kier molecular flexibility index (Phi) is 6.81. The van der Waals surface area contributed by atoms with Crippen molar-refractivity contribution in [3.8, 4) is 0 Å². The summed E-state index contributed by atoms with van der Waals surface area (Å²) in [7, 11) is 0. The first-order valence-corrected chi connectivity index (χ1v) is 8.53. The molecule has 1 unspecified atom stereocenters. The SMILES string of the molecule is CCNCCCC(C)N1CCN(c2ccc(Cl)cc2)CC1. The molecule has 0 bridgehead atoms. The Balaban J connectivity index is 1.73. The molecule has 0 saturated carbocycles. The maximum Gasteiger partial charge on any atom is 0.0407 e. The van der Waals surface area contributed by atoms with Gasteiger partial charge in [0.15, 0.2) is 0 Å². The van der Waals surface area contributed by atoms with E-state index in [1.54, 1.807) is 0 Å². The number of piperazine rings is 1. The maximum absolute atomic E-state index is 5.95. The van der Waals surface area contributed by atoms with Gasteiger partial charge < -0.3 is 10.2 Å². The van der Waals surface area contributed by atoms with Crippen LogP contribution in [0.2, 0.25) is 5.02 Å². The summed E-state index contributed by atoms with van der Waals surface area (Å²) in [6, 6.07) is 8.89. The zero-order valence-electron chi connectivity index (χ0n) is 13.3. The van der Waals surface area contributed by atoms with E-state index in [4.69, 9.17) is 11.6 Å². The van der Waals surface area contributed by atoms with Crippen LogP contribution in [0.1, 0.15) is 26.7 Å². The third-order valence-electron chi connectivity index (χ3n) is 4.35. The Labute approximate surface area is 134 Å². The lowest BCUT2D eigenvalue weighted by molar-refractivity contribution is 0.186. The molecule has 0 amide bonds. The molecule has 0 aromatic heterocycles. The second-order valence-corrected chi connectivity index (χ2v) is 6.28. The largest absolute Gasteiger partial charge is 0.369 e. The van der Waals surface area contributed by atoms with Crippen molar-refractivity contribution in [3.63, 3.8) is 0 Å². The monoisotopic (exact) mass is 309 g/mol. The van der Waals surface area contributed by atoms with Crippen molar-refractivity contribution in [1.82, 2.24) is 10.2 Å². The van der Waals surface area contributed by atoms with Gasteiger partial charge in [-0.1, -0.05) is 18.5 Å². The van der Waals surface area contributed by atoms with Crippen LogP contribution in [-0.4, -0.2) is 50.2 Å². The van der Waals surface area contributed by atoms with Crippen LogP contribution in [0.4, 0.5) is 5.69 Å². The number of hydrogen-bond acceptors (Lipinski definition) is 3. The first-order chi connectivity index (χ1) is 10.2. The molecule has 1 aromatic carbocycles. The van der Waals surface area contributed by atoms with Crippen molar-refractivity contribution in [3.05, 3.63) is 29.3 Å². The van der Waals surface area contributed by atoms with Gasteiger partial charge in [-0.2, -0.15) is 0 Å². The molecule has 1 saturated heterocycles. The van der Waals surface area contributed by atoms with E-state index in [1.165, 1.54) is 18.5 Å². The van der Waals surface area contributed by atoms with Crippen molar-refractivity contribution in [2.45, 2.75) is 32.7 Å². The average Bonchev–Trinajstić information content (AvgIpc) is 2.52. The normalized spacial score (nSPS) is 18.0. The van der Waals surface area contributed by atoms with Gasteiger partial charge in [0.2, 0.25) is 0 Å². The van der Waals surface area contributed by atoms with Gasteiger partial charge in [-0.3, -0.25) is 4.90 Å². The van der Waals surface area contributed by atoms with Gasteiger partial charge in [0.25, 0.3) is 0 Å². The van der Waals surface area contributed by atoms with Crippen LogP contribution in [0.3, 0.4) is 0 Å². The number of hydrogen-bond donors (Lipinski definition) is 1. The lowest BCUT2D eigenvalue weighted by Crippen LogP contribution is -2.49. The Morgan fingerprint density at radius 1 is 1.14 bits per heavy atom. The molecule has 2 rings (SSSR count). The van der Waals surface area contributed by atoms with Gasteiger partial charge in [-0.15, -0.1) is 0 Å². The predicted molar refractivity (Wildman–Crippen MR) is 92.5 cm³/mol. The number of nitrogens with one attached hydrogen (secondary N) is 1. The van der Waals surface area contributed by atoms with Crippen molar-refractivity contribution in [2.75, 3.05) is 44.2 Å². The quantitative estimate of drug-likeness (QED) is 0.780. The summed E-state index contributed by atoms with van der Waals surface area (Å²) in [6.07, 6.45) is 2.56. The van der Waals surface area contributed by atoms with Crippen LogP contribution in [0.15, 0.2) is 24.3 Å². The highest BCUT2D eigenvalue weighted by molar-refractivity contribution is 6.30. The van der Waals surface area contributed by atoms with E-state index in [2.05, 4.69) is 41.1 Å². The Morgan fingerprint density at radius 2 is 1.81 bits per heavy atom. The van der Waals surface area contributed by atoms with Crippen LogP contribution in [0, 0.1) is 0 Å². The fourth-order valence-corrected chi connectivity index (χ4v) is 3.08. The van der Waals surface area contributed by atoms with Gasteiger partial charge in [-0.25, -0.2) is 0 Å². The number of rotatable bonds is 7. The molecular formula is C17H28ClN3. The highest BCUT2D eigenvalue weighted by Crippen LogP contribution is 2.20. The fraction of sp³-hybridized carbons (Fsp3) is 0.647. The molecule has 0 radical (unpaired) electrons. The summed E-state index contributed by atoms with van der Waals surface area (Å²) in [6.45, 7) is 11.3. The first-order valence-electron chi connectivity index (χ1n) is 8.16. The Hall–Kier alpha value is -0.770. The number of halogens is 1. The molecular weight excluding hydrogens is 282 g/mol. The van der Waals surface area contributed by atoms with Gasteiger partial charge in [-0.05, 0) is 57.1 Å². The van der Waals surface area contributed by atoms with Crippen LogP contribution < -0.4 is 10.2 Å². The highest BCUT2D eigenvalue weighted by Gasteiger charge is 2.20. The molecule has 1 atom stereocenters. The molecule has 118 valence electrons. The Morgan fingerprint density at radius 3 is 2.43 bits per heavy atom. The average molecular weight is 310 g/mol. The van der Waals surface area contributed by atoms with Crippen molar-refractivity contribution in [1.29, 1.82) is 0 Å².